The van der Waals surface area contributed by atoms with Crippen LogP contribution in [0.15, 0.2) is 189 Å². The molecule has 6 heteroatoms. The van der Waals surface area contributed by atoms with E-state index in [-0.39, 0.29) is 0 Å². The molecule has 4 heterocycles. The summed E-state index contributed by atoms with van der Waals surface area (Å²) in [7, 11) is 0. The molecule has 57 heavy (non-hydrogen) atoms. The molecule has 266 valence electrons. The second kappa shape index (κ2) is 12.3. The van der Waals surface area contributed by atoms with Crippen LogP contribution in [0.25, 0.3) is 122 Å². The number of hydrogen-bond donors (Lipinski definition) is 0. The van der Waals surface area contributed by atoms with Gasteiger partial charge in [0.15, 0.2) is 17.5 Å². The highest BCUT2D eigenvalue weighted by Gasteiger charge is 2.22. The molecule has 0 spiro atoms. The number of nitrogens with zero attached hydrogens (tertiary/aromatic N) is 3. The number of fused-ring (bicyclic) bond motifs is 9. The van der Waals surface area contributed by atoms with Gasteiger partial charge in [-0.05, 0) is 76.9 Å². The van der Waals surface area contributed by atoms with E-state index in [4.69, 9.17) is 28.2 Å². The van der Waals surface area contributed by atoms with E-state index in [1.807, 2.05) is 91.0 Å². The molecule has 12 rings (SSSR count). The summed E-state index contributed by atoms with van der Waals surface area (Å²) in [6, 6.07) is 59.9. The predicted octanol–water partition coefficient (Wildman–Crippen LogP) is 13.9. The number of benzene rings is 8. The van der Waals surface area contributed by atoms with Gasteiger partial charge in [-0.2, -0.15) is 0 Å². The molecule has 0 aliphatic carbocycles. The minimum Gasteiger partial charge on any atom is -0.456 e. The maximum absolute atomic E-state index is 6.76. The Bertz CT molecular complexity index is 3540. The Morgan fingerprint density at radius 3 is 1.47 bits per heavy atom. The average Bonchev–Trinajstić information content (AvgIpc) is 3.97. The van der Waals surface area contributed by atoms with Crippen molar-refractivity contribution in [2.24, 2.45) is 0 Å². The Balaban J connectivity index is 1.08. The molecule has 0 aliphatic heterocycles. The van der Waals surface area contributed by atoms with Gasteiger partial charge in [0.05, 0.1) is 5.56 Å². The highest BCUT2D eigenvalue weighted by molar-refractivity contribution is 6.17. The standard InChI is InChI=1S/C51H29N3O3/c1-2-11-30(12-3-1)31-13-10-14-33(27-31)49-52-50(34-22-24-39-37-16-5-8-19-43(37)56-46(39)29-34)54-51(53-49)41-26-25-35(47-40-17-6-9-20-44(40)57-48(41)47)32-21-23-38-36-15-4-7-18-42(36)55-45(38)28-32/h1-29H. The zero-order valence-electron chi connectivity index (χ0n) is 30.3. The summed E-state index contributed by atoms with van der Waals surface area (Å²) in [4.78, 5) is 15.5. The van der Waals surface area contributed by atoms with Crippen molar-refractivity contribution in [1.29, 1.82) is 0 Å². The van der Waals surface area contributed by atoms with Crippen LogP contribution in [0.5, 0.6) is 0 Å². The van der Waals surface area contributed by atoms with E-state index in [2.05, 4.69) is 84.9 Å². The monoisotopic (exact) mass is 731 g/mol. The third-order valence-corrected chi connectivity index (χ3v) is 11.0. The zero-order chi connectivity index (χ0) is 37.5. The van der Waals surface area contributed by atoms with Gasteiger partial charge in [0.1, 0.15) is 33.5 Å². The maximum atomic E-state index is 6.76. The van der Waals surface area contributed by atoms with Crippen molar-refractivity contribution in [1.82, 2.24) is 15.0 Å². The Hall–Kier alpha value is -7.83. The van der Waals surface area contributed by atoms with Crippen molar-refractivity contribution in [2.75, 3.05) is 0 Å². The largest absolute Gasteiger partial charge is 0.456 e. The Kier molecular flexibility index (Phi) is 6.83. The van der Waals surface area contributed by atoms with E-state index in [1.165, 1.54) is 0 Å². The van der Waals surface area contributed by atoms with Crippen molar-refractivity contribution in [3.05, 3.63) is 176 Å². The van der Waals surface area contributed by atoms with Crippen molar-refractivity contribution in [3.63, 3.8) is 0 Å². The van der Waals surface area contributed by atoms with Gasteiger partial charge in [0.2, 0.25) is 0 Å². The summed E-state index contributed by atoms with van der Waals surface area (Å²) in [5.74, 6) is 1.60. The molecule has 8 aromatic carbocycles. The Morgan fingerprint density at radius 2 is 0.772 bits per heavy atom. The molecule has 0 bridgehead atoms. The first kappa shape index (κ1) is 31.5. The van der Waals surface area contributed by atoms with Gasteiger partial charge in [-0.15, -0.1) is 0 Å². The fourth-order valence-corrected chi connectivity index (χ4v) is 8.23. The number of rotatable bonds is 5. The van der Waals surface area contributed by atoms with Crippen LogP contribution in [0.2, 0.25) is 0 Å². The van der Waals surface area contributed by atoms with Crippen molar-refractivity contribution in [2.45, 2.75) is 0 Å². The number of aromatic nitrogens is 3. The third kappa shape index (κ3) is 5.08. The van der Waals surface area contributed by atoms with E-state index in [0.717, 1.165) is 99.2 Å². The van der Waals surface area contributed by atoms with Gasteiger partial charge in [0, 0.05) is 43.4 Å². The summed E-state index contributed by atoms with van der Waals surface area (Å²) >= 11 is 0. The van der Waals surface area contributed by atoms with Crippen LogP contribution in [0.3, 0.4) is 0 Å². The van der Waals surface area contributed by atoms with Crippen LogP contribution in [0.4, 0.5) is 0 Å². The van der Waals surface area contributed by atoms with Crippen LogP contribution in [-0.2, 0) is 0 Å². The summed E-state index contributed by atoms with van der Waals surface area (Å²) < 4.78 is 19.4. The Labute approximate surface area is 325 Å². The molecule has 0 atom stereocenters. The zero-order valence-corrected chi connectivity index (χ0v) is 30.3. The number of para-hydroxylation sites is 3. The van der Waals surface area contributed by atoms with Crippen LogP contribution >= 0.6 is 0 Å². The first-order valence-corrected chi connectivity index (χ1v) is 18.9. The smallest absolute Gasteiger partial charge is 0.167 e. The topological polar surface area (TPSA) is 78.1 Å². The third-order valence-electron chi connectivity index (χ3n) is 11.0. The highest BCUT2D eigenvalue weighted by Crippen LogP contribution is 2.43. The molecule has 0 radical (unpaired) electrons. The summed E-state index contributed by atoms with van der Waals surface area (Å²) in [6.07, 6.45) is 0. The molecule has 0 fully saturated rings. The molecule has 12 aromatic rings. The molecular weight excluding hydrogens is 703 g/mol. The fraction of sp³-hybridized carbons (Fsp3) is 0. The van der Waals surface area contributed by atoms with E-state index >= 15 is 0 Å². The second-order valence-corrected chi connectivity index (χ2v) is 14.3. The van der Waals surface area contributed by atoms with Crippen LogP contribution < -0.4 is 0 Å². The van der Waals surface area contributed by atoms with Gasteiger partial charge >= 0.3 is 0 Å². The molecule has 0 saturated carbocycles. The fourth-order valence-electron chi connectivity index (χ4n) is 8.23. The van der Waals surface area contributed by atoms with Crippen LogP contribution in [0, 0.1) is 0 Å². The van der Waals surface area contributed by atoms with Crippen LogP contribution in [0.1, 0.15) is 0 Å². The molecule has 0 N–H and O–H groups in total. The van der Waals surface area contributed by atoms with Crippen molar-refractivity contribution < 1.29 is 13.3 Å². The van der Waals surface area contributed by atoms with Gasteiger partial charge in [-0.3, -0.25) is 0 Å². The van der Waals surface area contributed by atoms with Crippen molar-refractivity contribution in [3.8, 4) is 56.4 Å². The Morgan fingerprint density at radius 1 is 0.281 bits per heavy atom. The first-order valence-electron chi connectivity index (χ1n) is 18.9. The molecular formula is C51H29N3O3. The molecule has 0 unspecified atom stereocenters. The second-order valence-electron chi connectivity index (χ2n) is 14.3. The van der Waals surface area contributed by atoms with Gasteiger partial charge in [-0.25, -0.2) is 15.0 Å². The first-order chi connectivity index (χ1) is 28.2. The minimum absolute atomic E-state index is 0.508. The predicted molar refractivity (Wildman–Crippen MR) is 229 cm³/mol. The SMILES string of the molecule is c1ccc(-c2cccc(-c3nc(-c4ccc5c(c4)oc4ccccc45)nc(-c4ccc(-c5ccc6c(c5)oc5ccccc56)c5c4oc4ccccc45)n3)c2)cc1. The van der Waals surface area contributed by atoms with Crippen LogP contribution in [-0.4, -0.2) is 15.0 Å². The summed E-state index contributed by atoms with van der Waals surface area (Å²) in [6.45, 7) is 0. The van der Waals surface area contributed by atoms with E-state index in [1.54, 1.807) is 0 Å². The maximum Gasteiger partial charge on any atom is 0.167 e. The van der Waals surface area contributed by atoms with E-state index < -0.39 is 0 Å². The minimum atomic E-state index is 0.508. The van der Waals surface area contributed by atoms with E-state index in [0.29, 0.717) is 23.1 Å². The van der Waals surface area contributed by atoms with Gasteiger partial charge < -0.3 is 13.3 Å². The number of hydrogen-bond acceptors (Lipinski definition) is 6. The average molecular weight is 732 g/mol. The quantitative estimate of drug-likeness (QED) is 0.175. The lowest BCUT2D eigenvalue weighted by atomic mass is 9.96. The van der Waals surface area contributed by atoms with Gasteiger partial charge in [0.25, 0.3) is 0 Å². The van der Waals surface area contributed by atoms with Crippen molar-refractivity contribution >= 4 is 65.8 Å². The number of furan rings is 3. The molecule has 0 amide bonds. The molecule has 6 nitrogen and oxygen atoms in total. The molecule has 0 saturated heterocycles. The van der Waals surface area contributed by atoms with E-state index in [9.17, 15) is 0 Å². The lowest BCUT2D eigenvalue weighted by Gasteiger charge is -2.11. The normalized spacial score (nSPS) is 11.9. The highest BCUT2D eigenvalue weighted by atomic mass is 16.3. The summed E-state index contributed by atoms with van der Waals surface area (Å²) in [5, 5.41) is 6.29. The lowest BCUT2D eigenvalue weighted by molar-refractivity contribution is 0.668. The lowest BCUT2D eigenvalue weighted by Crippen LogP contribution is -2.00. The molecule has 0 aliphatic rings. The summed E-state index contributed by atoms with van der Waals surface area (Å²) in [5.41, 5.74) is 11.5. The molecule has 4 aromatic heterocycles. The van der Waals surface area contributed by atoms with Gasteiger partial charge in [-0.1, -0.05) is 121 Å².